The van der Waals surface area contributed by atoms with E-state index in [0.717, 1.165) is 58.9 Å². The number of methoxy groups -OCH3 is 1. The average Bonchev–Trinajstić information content (AvgIpc) is 2.81. The van der Waals surface area contributed by atoms with E-state index in [9.17, 15) is 4.79 Å². The number of unbranched alkanes of at least 4 members (excludes halogenated alkanes) is 1. The molecule has 0 unspecified atom stereocenters. The van der Waals surface area contributed by atoms with E-state index in [0.29, 0.717) is 12.3 Å². The average molecular weight is 450 g/mol. The number of rotatable bonds is 11. The van der Waals surface area contributed by atoms with Gasteiger partial charge in [0.1, 0.15) is 23.6 Å². The van der Waals surface area contributed by atoms with E-state index in [1.54, 1.807) is 13.4 Å². The number of carboxylic acid groups (broad SMARTS) is 1. The summed E-state index contributed by atoms with van der Waals surface area (Å²) in [5.74, 6) is 1.31. The van der Waals surface area contributed by atoms with E-state index < -0.39 is 5.97 Å². The van der Waals surface area contributed by atoms with Gasteiger partial charge in [-0.1, -0.05) is 25.5 Å². The first-order valence-electron chi connectivity index (χ1n) is 11.1. The third-order valence-electron chi connectivity index (χ3n) is 5.47. The lowest BCUT2D eigenvalue weighted by molar-refractivity contribution is -0.139. The highest BCUT2D eigenvalue weighted by Crippen LogP contribution is 2.30. The molecule has 7 nitrogen and oxygen atoms in total. The monoisotopic (exact) mass is 449 g/mol. The molecule has 0 aliphatic rings. The first kappa shape index (κ1) is 24.0. The minimum absolute atomic E-state index is 0.350. The lowest BCUT2D eigenvalue weighted by Gasteiger charge is -2.26. The Bertz CT molecular complexity index is 1080. The van der Waals surface area contributed by atoms with Crippen molar-refractivity contribution in [2.24, 2.45) is 0 Å². The van der Waals surface area contributed by atoms with Crippen LogP contribution in [0.1, 0.15) is 36.5 Å². The largest absolute Gasteiger partial charge is 0.497 e. The summed E-state index contributed by atoms with van der Waals surface area (Å²) in [4.78, 5) is 22.3. The van der Waals surface area contributed by atoms with E-state index in [4.69, 9.17) is 14.6 Å². The van der Waals surface area contributed by atoms with Gasteiger partial charge in [-0.3, -0.25) is 0 Å². The fourth-order valence-electron chi connectivity index (χ4n) is 3.74. The van der Waals surface area contributed by atoms with Crippen LogP contribution in [0.4, 0.5) is 5.82 Å². The third kappa shape index (κ3) is 6.22. The lowest BCUT2D eigenvalue weighted by atomic mass is 10.1. The zero-order valence-electron chi connectivity index (χ0n) is 19.7. The summed E-state index contributed by atoms with van der Waals surface area (Å²) in [6.45, 7) is 7.35. The number of hydrogen-bond donors (Lipinski definition) is 1. The van der Waals surface area contributed by atoms with Crippen LogP contribution in [0, 0.1) is 13.8 Å². The van der Waals surface area contributed by atoms with Gasteiger partial charge < -0.3 is 19.5 Å². The summed E-state index contributed by atoms with van der Waals surface area (Å²) in [6.07, 6.45) is 3.74. The van der Waals surface area contributed by atoms with Crippen molar-refractivity contribution in [3.63, 3.8) is 0 Å². The molecule has 174 valence electrons. The van der Waals surface area contributed by atoms with Gasteiger partial charge in [0.15, 0.2) is 6.61 Å². The van der Waals surface area contributed by atoms with Gasteiger partial charge in [0, 0.05) is 24.2 Å². The molecule has 0 aliphatic heterocycles. The van der Waals surface area contributed by atoms with Crippen molar-refractivity contribution in [1.82, 2.24) is 9.97 Å². The van der Waals surface area contributed by atoms with Crippen LogP contribution in [-0.2, 0) is 11.3 Å². The predicted octanol–water partition coefficient (Wildman–Crippen LogP) is 5.04. The van der Waals surface area contributed by atoms with Gasteiger partial charge >= 0.3 is 5.97 Å². The molecule has 0 bridgehead atoms. The molecule has 3 rings (SSSR count). The number of anilines is 1. The van der Waals surface area contributed by atoms with E-state index in [1.807, 2.05) is 49.4 Å². The number of aliphatic carboxylic acids is 1. The Kier molecular flexibility index (Phi) is 8.24. The normalized spacial score (nSPS) is 10.7. The molecule has 1 heterocycles. The van der Waals surface area contributed by atoms with E-state index in [-0.39, 0.29) is 6.61 Å². The summed E-state index contributed by atoms with van der Waals surface area (Å²) in [5.41, 5.74) is 4.95. The van der Waals surface area contributed by atoms with Gasteiger partial charge in [-0.2, -0.15) is 0 Å². The molecule has 33 heavy (non-hydrogen) atoms. The Labute approximate surface area is 195 Å². The van der Waals surface area contributed by atoms with Crippen molar-refractivity contribution < 1.29 is 19.4 Å². The van der Waals surface area contributed by atoms with Gasteiger partial charge in [0.2, 0.25) is 0 Å². The van der Waals surface area contributed by atoms with Crippen LogP contribution in [0.2, 0.25) is 0 Å². The molecule has 2 aromatic carbocycles. The number of carbonyl (C=O) groups is 1. The number of aryl methyl sites for hydroxylation is 1. The van der Waals surface area contributed by atoms with Crippen LogP contribution in [0.5, 0.6) is 11.5 Å². The molecule has 0 fully saturated rings. The quantitative estimate of drug-likeness (QED) is 0.439. The van der Waals surface area contributed by atoms with Gasteiger partial charge in [-0.05, 0) is 61.7 Å². The summed E-state index contributed by atoms with van der Waals surface area (Å²) in [7, 11) is 1.65. The van der Waals surface area contributed by atoms with Crippen LogP contribution in [0.3, 0.4) is 0 Å². The van der Waals surface area contributed by atoms with E-state index in [2.05, 4.69) is 28.7 Å². The molecule has 0 saturated heterocycles. The number of ether oxygens (including phenoxy) is 2. The number of carboxylic acids is 1. The Morgan fingerprint density at radius 3 is 2.48 bits per heavy atom. The number of aromatic nitrogens is 2. The second kappa shape index (κ2) is 11.3. The van der Waals surface area contributed by atoms with E-state index in [1.165, 1.54) is 0 Å². The molecule has 0 aliphatic carbocycles. The molecule has 3 aromatic rings. The summed E-state index contributed by atoms with van der Waals surface area (Å²) >= 11 is 0. The van der Waals surface area contributed by atoms with Crippen LogP contribution in [0.25, 0.3) is 11.3 Å². The minimum atomic E-state index is -0.990. The van der Waals surface area contributed by atoms with Gasteiger partial charge in [0.25, 0.3) is 0 Å². The maximum atomic E-state index is 10.8. The summed E-state index contributed by atoms with van der Waals surface area (Å²) in [6, 6.07) is 13.7. The third-order valence-corrected chi connectivity index (χ3v) is 5.47. The first-order chi connectivity index (χ1) is 15.9. The predicted molar refractivity (Wildman–Crippen MR) is 129 cm³/mol. The molecule has 0 spiro atoms. The van der Waals surface area contributed by atoms with Gasteiger partial charge in [-0.25, -0.2) is 14.8 Å². The van der Waals surface area contributed by atoms with Crippen molar-refractivity contribution in [3.8, 4) is 22.8 Å². The Morgan fingerprint density at radius 1 is 1.09 bits per heavy atom. The number of hydrogen-bond acceptors (Lipinski definition) is 6. The maximum Gasteiger partial charge on any atom is 0.341 e. The zero-order chi connectivity index (χ0) is 23.8. The lowest BCUT2D eigenvalue weighted by Crippen LogP contribution is -2.26. The highest BCUT2D eigenvalue weighted by molar-refractivity contribution is 5.69. The van der Waals surface area contributed by atoms with Crippen molar-refractivity contribution in [1.29, 1.82) is 0 Å². The Balaban J connectivity index is 1.88. The first-order valence-corrected chi connectivity index (χ1v) is 11.1. The molecule has 0 saturated carbocycles. The van der Waals surface area contributed by atoms with Crippen molar-refractivity contribution in [3.05, 3.63) is 65.5 Å². The number of benzene rings is 2. The fourth-order valence-corrected chi connectivity index (χ4v) is 3.74. The van der Waals surface area contributed by atoms with Crippen molar-refractivity contribution >= 4 is 11.8 Å². The summed E-state index contributed by atoms with van der Waals surface area (Å²) < 4.78 is 10.6. The molecular weight excluding hydrogens is 418 g/mol. The highest BCUT2D eigenvalue weighted by atomic mass is 16.5. The minimum Gasteiger partial charge on any atom is -0.497 e. The second-order valence-electron chi connectivity index (χ2n) is 7.96. The van der Waals surface area contributed by atoms with Gasteiger partial charge in [-0.15, -0.1) is 0 Å². The van der Waals surface area contributed by atoms with Crippen molar-refractivity contribution in [2.45, 2.75) is 40.2 Å². The fraction of sp³-hybridized carbons (Fsp3) is 0.346. The number of nitrogens with zero attached hydrogens (tertiary/aromatic N) is 3. The molecule has 7 heteroatoms. The molecule has 1 aromatic heterocycles. The standard InChI is InChI=1S/C26H31N3O4/c1-5-6-13-29(15-20-7-12-23(18(2)14-20)33-16-24(30)31)26-19(3)25(27-17-28-26)21-8-10-22(32-4)11-9-21/h7-12,14,17H,5-6,13,15-16H2,1-4H3,(H,30,31). The van der Waals surface area contributed by atoms with Crippen LogP contribution in [-0.4, -0.2) is 41.3 Å². The Morgan fingerprint density at radius 2 is 1.85 bits per heavy atom. The molecular formula is C26H31N3O4. The van der Waals surface area contributed by atoms with Gasteiger partial charge in [0.05, 0.1) is 12.8 Å². The van der Waals surface area contributed by atoms with E-state index >= 15 is 0 Å². The molecule has 0 atom stereocenters. The highest BCUT2D eigenvalue weighted by Gasteiger charge is 2.16. The molecule has 0 radical (unpaired) electrons. The summed E-state index contributed by atoms with van der Waals surface area (Å²) in [5, 5.41) is 8.85. The Hall–Kier alpha value is -3.61. The second-order valence-corrected chi connectivity index (χ2v) is 7.96. The topological polar surface area (TPSA) is 84.8 Å². The van der Waals surface area contributed by atoms with Crippen molar-refractivity contribution in [2.75, 3.05) is 25.2 Å². The smallest absolute Gasteiger partial charge is 0.341 e. The SMILES string of the molecule is CCCCN(Cc1ccc(OCC(=O)O)c(C)c1)c1ncnc(-c2ccc(OC)cc2)c1C. The van der Waals surface area contributed by atoms with Crippen LogP contribution in [0.15, 0.2) is 48.8 Å². The molecule has 1 N–H and O–H groups in total. The zero-order valence-corrected chi connectivity index (χ0v) is 19.7. The van der Waals surface area contributed by atoms with Crippen LogP contribution >= 0.6 is 0 Å². The maximum absolute atomic E-state index is 10.8. The van der Waals surface area contributed by atoms with Crippen LogP contribution < -0.4 is 14.4 Å². The molecule has 0 amide bonds.